The topological polar surface area (TPSA) is 21.3 Å². The molecule has 2 rings (SSSR count). The van der Waals surface area contributed by atoms with Crippen molar-refractivity contribution in [2.45, 2.75) is 50.7 Å². The second-order valence-electron chi connectivity index (χ2n) is 5.57. The van der Waals surface area contributed by atoms with Crippen molar-refractivity contribution in [3.8, 4) is 0 Å². The molecule has 20 heavy (non-hydrogen) atoms. The summed E-state index contributed by atoms with van der Waals surface area (Å²) in [7, 11) is 1.82. The largest absolute Gasteiger partial charge is 0.377 e. The lowest BCUT2D eigenvalue weighted by molar-refractivity contribution is -0.0980. The van der Waals surface area contributed by atoms with Gasteiger partial charge in [-0.25, -0.2) is 0 Å². The molecule has 1 N–H and O–H groups in total. The minimum atomic E-state index is -0.0296. The highest BCUT2D eigenvalue weighted by Gasteiger charge is 2.44. The Balaban J connectivity index is 2.14. The number of hydrogen-bond donors (Lipinski definition) is 1. The highest BCUT2D eigenvalue weighted by atomic mass is 35.5. The Morgan fingerprint density at radius 3 is 2.60 bits per heavy atom. The minimum Gasteiger partial charge on any atom is -0.377 e. The van der Waals surface area contributed by atoms with E-state index in [0.29, 0.717) is 11.1 Å². The number of benzene rings is 1. The summed E-state index contributed by atoms with van der Waals surface area (Å²) in [4.78, 5) is 0. The molecule has 1 unspecified atom stereocenters. The van der Waals surface area contributed by atoms with Gasteiger partial charge >= 0.3 is 0 Å². The zero-order valence-electron chi connectivity index (χ0n) is 12.2. The van der Waals surface area contributed by atoms with Gasteiger partial charge in [0, 0.05) is 23.2 Å². The summed E-state index contributed by atoms with van der Waals surface area (Å²) in [5, 5.41) is 5.06. The van der Waals surface area contributed by atoms with Crippen molar-refractivity contribution in [1.82, 2.24) is 5.32 Å². The van der Waals surface area contributed by atoms with Gasteiger partial charge in [-0.15, -0.1) is 0 Å². The van der Waals surface area contributed by atoms with Crippen LogP contribution in [0.1, 0.15) is 38.2 Å². The quantitative estimate of drug-likeness (QED) is 0.801. The molecular weight excluding hydrogens is 293 g/mol. The fourth-order valence-corrected chi connectivity index (χ4v) is 3.38. The van der Waals surface area contributed by atoms with Crippen LogP contribution in [0.25, 0.3) is 0 Å². The molecule has 0 radical (unpaired) electrons. The van der Waals surface area contributed by atoms with E-state index in [1.807, 2.05) is 25.3 Å². The molecule has 0 heterocycles. The second kappa shape index (κ2) is 7.13. The van der Waals surface area contributed by atoms with Gasteiger partial charge in [-0.3, -0.25) is 0 Å². The van der Waals surface area contributed by atoms with E-state index < -0.39 is 0 Å². The highest BCUT2D eigenvalue weighted by molar-refractivity contribution is 6.35. The van der Waals surface area contributed by atoms with Crippen LogP contribution >= 0.6 is 23.2 Å². The first-order valence-electron chi connectivity index (χ1n) is 7.34. The van der Waals surface area contributed by atoms with Crippen LogP contribution in [-0.2, 0) is 11.2 Å². The molecule has 1 aliphatic rings. The lowest BCUT2D eigenvalue weighted by atomic mass is 9.72. The van der Waals surface area contributed by atoms with E-state index in [4.69, 9.17) is 27.9 Å². The van der Waals surface area contributed by atoms with Crippen LogP contribution in [0.3, 0.4) is 0 Å². The molecular formula is C16H23Cl2NO. The number of rotatable bonds is 7. The fourth-order valence-electron chi connectivity index (χ4n) is 2.89. The number of methoxy groups -OCH3 is 1. The van der Waals surface area contributed by atoms with Crippen molar-refractivity contribution in [3.63, 3.8) is 0 Å². The Morgan fingerprint density at radius 2 is 2.10 bits per heavy atom. The first kappa shape index (κ1) is 16.1. The third-order valence-corrected chi connectivity index (χ3v) is 4.91. The third kappa shape index (κ3) is 3.48. The van der Waals surface area contributed by atoms with Crippen molar-refractivity contribution < 1.29 is 4.74 Å². The summed E-state index contributed by atoms with van der Waals surface area (Å²) in [6.45, 7) is 3.18. The molecule has 4 heteroatoms. The predicted octanol–water partition coefficient (Wildman–Crippen LogP) is 4.47. The maximum absolute atomic E-state index is 6.31. The van der Waals surface area contributed by atoms with Crippen LogP contribution in [0.5, 0.6) is 0 Å². The molecule has 1 aliphatic carbocycles. The molecule has 0 aliphatic heterocycles. The molecule has 1 saturated carbocycles. The van der Waals surface area contributed by atoms with Gasteiger partial charge in [0.15, 0.2) is 0 Å². The van der Waals surface area contributed by atoms with E-state index >= 15 is 0 Å². The van der Waals surface area contributed by atoms with E-state index in [1.165, 1.54) is 6.42 Å². The highest BCUT2D eigenvalue weighted by Crippen LogP contribution is 2.39. The first-order valence-corrected chi connectivity index (χ1v) is 8.09. The SMILES string of the molecule is CCCNC(Cc1ccc(Cl)cc1Cl)C1(OC)CCC1. The summed E-state index contributed by atoms with van der Waals surface area (Å²) in [5.74, 6) is 0. The van der Waals surface area contributed by atoms with Crippen molar-refractivity contribution in [1.29, 1.82) is 0 Å². The number of ether oxygens (including phenoxy) is 1. The van der Waals surface area contributed by atoms with E-state index in [0.717, 1.165) is 42.8 Å². The van der Waals surface area contributed by atoms with Gasteiger partial charge in [0.2, 0.25) is 0 Å². The van der Waals surface area contributed by atoms with Gasteiger partial charge in [-0.1, -0.05) is 36.2 Å². The zero-order valence-corrected chi connectivity index (χ0v) is 13.7. The summed E-state index contributed by atoms with van der Waals surface area (Å²) in [6, 6.07) is 6.04. The average Bonchev–Trinajstić information content (AvgIpc) is 2.37. The second-order valence-corrected chi connectivity index (χ2v) is 6.41. The molecule has 0 amide bonds. The van der Waals surface area contributed by atoms with Gasteiger partial charge in [0.1, 0.15) is 0 Å². The van der Waals surface area contributed by atoms with Crippen LogP contribution in [0.2, 0.25) is 10.0 Å². The van der Waals surface area contributed by atoms with Gasteiger partial charge in [-0.2, -0.15) is 0 Å². The normalized spacial score (nSPS) is 18.6. The molecule has 1 aromatic carbocycles. The van der Waals surface area contributed by atoms with Gasteiger partial charge in [0.25, 0.3) is 0 Å². The van der Waals surface area contributed by atoms with Crippen LogP contribution < -0.4 is 5.32 Å². The molecule has 0 bridgehead atoms. The summed E-state index contributed by atoms with van der Waals surface area (Å²) < 4.78 is 5.84. The molecule has 0 aromatic heterocycles. The summed E-state index contributed by atoms with van der Waals surface area (Å²) >= 11 is 12.3. The maximum Gasteiger partial charge on any atom is 0.0834 e. The van der Waals surface area contributed by atoms with E-state index in [2.05, 4.69) is 12.2 Å². The molecule has 1 fully saturated rings. The Kier molecular flexibility index (Phi) is 5.74. The van der Waals surface area contributed by atoms with Crippen molar-refractivity contribution in [2.75, 3.05) is 13.7 Å². The van der Waals surface area contributed by atoms with Crippen molar-refractivity contribution >= 4 is 23.2 Å². The number of hydrogen-bond acceptors (Lipinski definition) is 2. The van der Waals surface area contributed by atoms with Crippen LogP contribution in [0, 0.1) is 0 Å². The van der Waals surface area contributed by atoms with E-state index in [-0.39, 0.29) is 5.60 Å². The average molecular weight is 316 g/mol. The molecule has 0 spiro atoms. The Morgan fingerprint density at radius 1 is 1.35 bits per heavy atom. The lowest BCUT2D eigenvalue weighted by Crippen LogP contribution is -2.57. The number of nitrogens with one attached hydrogen (secondary N) is 1. The Bertz CT molecular complexity index is 441. The predicted molar refractivity (Wildman–Crippen MR) is 85.8 cm³/mol. The summed E-state index contributed by atoms with van der Waals surface area (Å²) in [5.41, 5.74) is 1.10. The zero-order chi connectivity index (χ0) is 14.6. The first-order chi connectivity index (χ1) is 9.61. The van der Waals surface area contributed by atoms with Crippen LogP contribution in [0.15, 0.2) is 18.2 Å². The molecule has 1 atom stereocenters. The van der Waals surface area contributed by atoms with Crippen molar-refractivity contribution in [2.24, 2.45) is 0 Å². The van der Waals surface area contributed by atoms with Crippen LogP contribution in [-0.4, -0.2) is 25.3 Å². The van der Waals surface area contributed by atoms with Gasteiger partial charge < -0.3 is 10.1 Å². The molecule has 112 valence electrons. The Labute approximate surface area is 131 Å². The van der Waals surface area contributed by atoms with Crippen LogP contribution in [0.4, 0.5) is 0 Å². The Hall–Kier alpha value is -0.280. The molecule has 0 saturated heterocycles. The van der Waals surface area contributed by atoms with Crippen molar-refractivity contribution in [3.05, 3.63) is 33.8 Å². The smallest absolute Gasteiger partial charge is 0.0834 e. The third-order valence-electron chi connectivity index (χ3n) is 4.32. The lowest BCUT2D eigenvalue weighted by Gasteiger charge is -2.47. The fraction of sp³-hybridized carbons (Fsp3) is 0.625. The standard InChI is InChI=1S/C16H23Cl2NO/c1-3-9-19-15(16(20-2)7-4-8-16)10-12-5-6-13(17)11-14(12)18/h5-6,11,15,19H,3-4,7-10H2,1-2H3. The minimum absolute atomic E-state index is 0.0296. The summed E-state index contributed by atoms with van der Waals surface area (Å²) in [6.07, 6.45) is 5.48. The molecule has 2 nitrogen and oxygen atoms in total. The van der Waals surface area contributed by atoms with Gasteiger partial charge in [-0.05, 0) is 56.3 Å². The van der Waals surface area contributed by atoms with Gasteiger partial charge in [0.05, 0.1) is 5.60 Å². The van der Waals surface area contributed by atoms with E-state index in [9.17, 15) is 0 Å². The monoisotopic (exact) mass is 315 g/mol. The molecule has 1 aromatic rings. The number of halogens is 2. The maximum atomic E-state index is 6.31. The van der Waals surface area contributed by atoms with E-state index in [1.54, 1.807) is 0 Å².